The molecule has 10 nitrogen and oxygen atoms in total. The Kier molecular flexibility index (Phi) is 21.3. The highest BCUT2D eigenvalue weighted by molar-refractivity contribution is 5.92. The molecule has 46 heavy (non-hydrogen) atoms. The fourth-order valence-electron chi connectivity index (χ4n) is 5.14. The molecular formula is C36H57NO9. The molecule has 1 aromatic carbocycles. The van der Waals surface area contributed by atoms with E-state index in [0.717, 1.165) is 51.4 Å². The number of Topliss-reactive ketones (excluding diaryl/α,β-unsaturated/α-hetero) is 1. The fraction of sp³-hybridized carbons (Fsp3) is 0.667. The molecule has 3 atom stereocenters. The van der Waals surface area contributed by atoms with Gasteiger partial charge in [-0.1, -0.05) is 83.1 Å². The third-order valence-electron chi connectivity index (χ3n) is 8.06. The molecule has 0 spiro atoms. The lowest BCUT2D eigenvalue weighted by molar-refractivity contribution is -0.168. The van der Waals surface area contributed by atoms with Gasteiger partial charge >= 0.3 is 11.9 Å². The van der Waals surface area contributed by atoms with E-state index in [0.29, 0.717) is 43.0 Å². The number of rotatable bonds is 27. The number of esters is 1. The number of aliphatic hydroxyl groups excluding tert-OH is 1. The smallest absolute Gasteiger partial charge is 0.336 e. The van der Waals surface area contributed by atoms with E-state index in [1.807, 2.05) is 0 Å². The molecule has 4 N–H and O–H groups in total. The number of ether oxygens (including phenoxy) is 2. The van der Waals surface area contributed by atoms with E-state index in [4.69, 9.17) is 9.47 Å². The molecule has 10 heteroatoms. The quantitative estimate of drug-likeness (QED) is 0.0533. The number of carboxylic acids is 1. The van der Waals surface area contributed by atoms with Gasteiger partial charge in [0.15, 0.2) is 5.60 Å². The second kappa shape index (κ2) is 24.0. The molecule has 0 aliphatic carbocycles. The number of ketones is 1. The fourth-order valence-corrected chi connectivity index (χ4v) is 5.14. The summed E-state index contributed by atoms with van der Waals surface area (Å²) >= 11 is 0. The Hall–Kier alpha value is -3.24. The molecule has 1 amide bonds. The van der Waals surface area contributed by atoms with Crippen LogP contribution < -0.4 is 10.1 Å². The highest BCUT2D eigenvalue weighted by atomic mass is 16.5. The van der Waals surface area contributed by atoms with Crippen molar-refractivity contribution in [2.75, 3.05) is 20.3 Å². The molecule has 0 aliphatic heterocycles. The average Bonchev–Trinajstić information content (AvgIpc) is 3.04. The Bertz CT molecular complexity index is 1060. The minimum Gasteiger partial charge on any atom is -0.494 e. The molecular weight excluding hydrogens is 590 g/mol. The molecule has 260 valence electrons. The van der Waals surface area contributed by atoms with E-state index in [1.54, 1.807) is 30.3 Å². The van der Waals surface area contributed by atoms with Gasteiger partial charge in [0, 0.05) is 32.3 Å². The van der Waals surface area contributed by atoms with E-state index < -0.39 is 48.4 Å². The molecule has 0 heterocycles. The lowest BCUT2D eigenvalue weighted by Crippen LogP contribution is -2.55. The Morgan fingerprint density at radius 2 is 1.50 bits per heavy atom. The summed E-state index contributed by atoms with van der Waals surface area (Å²) in [6.45, 7) is 4.16. The maximum Gasteiger partial charge on any atom is 0.336 e. The normalized spacial score (nSPS) is 13.9. The maximum absolute atomic E-state index is 13.5. The Labute approximate surface area is 274 Å². The minimum absolute atomic E-state index is 0.0664. The summed E-state index contributed by atoms with van der Waals surface area (Å²) in [4.78, 5) is 50.3. The molecule has 0 aliphatic rings. The first-order valence-corrected chi connectivity index (χ1v) is 17.0. The van der Waals surface area contributed by atoms with Gasteiger partial charge in [-0.05, 0) is 49.8 Å². The summed E-state index contributed by atoms with van der Waals surface area (Å²) in [5.74, 6) is -3.85. The number of aliphatic carboxylic acids is 1. The number of benzene rings is 1. The van der Waals surface area contributed by atoms with E-state index in [1.165, 1.54) is 32.4 Å². The highest BCUT2D eigenvalue weighted by Gasteiger charge is 2.47. The molecule has 1 rings (SSSR count). The van der Waals surface area contributed by atoms with Gasteiger partial charge in [-0.2, -0.15) is 0 Å². The number of unbranched alkanes of at least 4 members (excludes halogenated alkanes) is 9. The minimum atomic E-state index is -2.59. The zero-order chi connectivity index (χ0) is 34.2. The van der Waals surface area contributed by atoms with Crippen LogP contribution in [0.25, 0.3) is 0 Å². The van der Waals surface area contributed by atoms with Crippen LogP contribution in [0.4, 0.5) is 0 Å². The largest absolute Gasteiger partial charge is 0.494 e. The van der Waals surface area contributed by atoms with Crippen LogP contribution in [0, 0.1) is 5.92 Å². The van der Waals surface area contributed by atoms with Crippen LogP contribution in [0.2, 0.25) is 0 Å². The van der Waals surface area contributed by atoms with Crippen LogP contribution in [-0.4, -0.2) is 70.9 Å². The predicted molar refractivity (Wildman–Crippen MR) is 177 cm³/mol. The zero-order valence-corrected chi connectivity index (χ0v) is 28.1. The lowest BCUT2D eigenvalue weighted by atomic mass is 9.83. The van der Waals surface area contributed by atoms with Crippen molar-refractivity contribution in [3.63, 3.8) is 0 Å². The first-order chi connectivity index (χ1) is 22.1. The zero-order valence-electron chi connectivity index (χ0n) is 28.1. The second-order valence-corrected chi connectivity index (χ2v) is 11.9. The monoisotopic (exact) mass is 647 g/mol. The summed E-state index contributed by atoms with van der Waals surface area (Å²) in [5.41, 5.74) is -1.88. The van der Waals surface area contributed by atoms with Crippen molar-refractivity contribution < 1.29 is 44.0 Å². The van der Waals surface area contributed by atoms with Crippen LogP contribution >= 0.6 is 0 Å². The number of amides is 1. The summed E-state index contributed by atoms with van der Waals surface area (Å²) in [5, 5.41) is 32.9. The first kappa shape index (κ1) is 40.8. The van der Waals surface area contributed by atoms with Gasteiger partial charge in [0.25, 0.3) is 0 Å². The van der Waals surface area contributed by atoms with Gasteiger partial charge in [0.2, 0.25) is 5.91 Å². The van der Waals surface area contributed by atoms with Crippen LogP contribution in [0.1, 0.15) is 116 Å². The second-order valence-electron chi connectivity index (χ2n) is 11.9. The SMILES string of the molecule is CCCCCCCC(=O)CCCCCCC=CC(C(=O)N[C@@H](Cc1ccc(OCCCC)cc1)C(=O)OC)C(O)(CCO)C(=O)O. The van der Waals surface area contributed by atoms with Crippen LogP contribution in [-0.2, 0) is 30.3 Å². The number of hydrogen-bond acceptors (Lipinski definition) is 8. The van der Waals surface area contributed by atoms with Gasteiger partial charge in [0.1, 0.15) is 17.6 Å². The molecule has 0 radical (unpaired) electrons. The van der Waals surface area contributed by atoms with Gasteiger partial charge in [-0.3, -0.25) is 9.59 Å². The number of hydrogen-bond donors (Lipinski definition) is 4. The van der Waals surface area contributed by atoms with Crippen molar-refractivity contribution in [3.05, 3.63) is 42.0 Å². The van der Waals surface area contributed by atoms with Crippen molar-refractivity contribution >= 4 is 23.6 Å². The van der Waals surface area contributed by atoms with Crippen LogP contribution in [0.15, 0.2) is 36.4 Å². The third-order valence-corrected chi connectivity index (χ3v) is 8.06. The maximum atomic E-state index is 13.5. The van der Waals surface area contributed by atoms with Crippen LogP contribution in [0.5, 0.6) is 5.75 Å². The highest BCUT2D eigenvalue weighted by Crippen LogP contribution is 2.25. The van der Waals surface area contributed by atoms with Gasteiger partial charge in [0.05, 0.1) is 19.6 Å². The predicted octanol–water partition coefficient (Wildman–Crippen LogP) is 5.71. The van der Waals surface area contributed by atoms with Gasteiger partial charge in [-0.15, -0.1) is 0 Å². The van der Waals surface area contributed by atoms with Crippen molar-refractivity contribution in [3.8, 4) is 5.75 Å². The number of carboxylic acid groups (broad SMARTS) is 1. The van der Waals surface area contributed by atoms with Crippen molar-refractivity contribution in [2.24, 2.45) is 5.92 Å². The Morgan fingerprint density at radius 1 is 0.891 bits per heavy atom. The van der Waals surface area contributed by atoms with E-state index in [2.05, 4.69) is 19.2 Å². The summed E-state index contributed by atoms with van der Waals surface area (Å²) in [6.07, 6.45) is 15.1. The van der Waals surface area contributed by atoms with E-state index in [9.17, 15) is 34.5 Å². The standard InChI is InChI=1S/C36H57NO9/c1-4-6-8-11-14-17-29(39)18-15-12-9-10-13-16-19-31(36(44,24-25-38)35(42)43)33(40)37-32(34(41)45-3)27-28-20-22-30(23-21-28)46-26-7-5-2/h16,19-23,31-32,38,44H,4-15,17-18,24-27H2,1-3H3,(H,37,40)(H,42,43)/t31?,32-,36?/m0/s1. The molecule has 0 fully saturated rings. The molecule has 0 saturated heterocycles. The molecule has 0 bridgehead atoms. The molecule has 0 saturated carbocycles. The number of methoxy groups -OCH3 is 1. The molecule has 2 unspecified atom stereocenters. The molecule has 1 aromatic rings. The number of allylic oxidation sites excluding steroid dienone is 1. The topological polar surface area (TPSA) is 159 Å². The Morgan fingerprint density at radius 3 is 2.07 bits per heavy atom. The van der Waals surface area contributed by atoms with Crippen molar-refractivity contribution in [1.29, 1.82) is 0 Å². The number of carbonyl (C=O) groups is 4. The lowest BCUT2D eigenvalue weighted by Gasteiger charge is -2.30. The van der Waals surface area contributed by atoms with Gasteiger partial charge < -0.3 is 30.1 Å². The molecule has 0 aromatic heterocycles. The van der Waals surface area contributed by atoms with Crippen LogP contribution in [0.3, 0.4) is 0 Å². The third kappa shape index (κ3) is 15.9. The summed E-state index contributed by atoms with van der Waals surface area (Å²) < 4.78 is 10.6. The number of nitrogens with one attached hydrogen (secondary N) is 1. The van der Waals surface area contributed by atoms with E-state index >= 15 is 0 Å². The number of carbonyl (C=O) groups excluding carboxylic acids is 3. The average molecular weight is 648 g/mol. The summed E-state index contributed by atoms with van der Waals surface area (Å²) in [7, 11) is 1.19. The Balaban J connectivity index is 2.81. The summed E-state index contributed by atoms with van der Waals surface area (Å²) in [6, 6.07) is 5.93. The van der Waals surface area contributed by atoms with Crippen molar-refractivity contribution in [2.45, 2.75) is 128 Å². The van der Waals surface area contributed by atoms with E-state index in [-0.39, 0.29) is 6.42 Å². The number of aliphatic hydroxyl groups is 2. The first-order valence-electron chi connectivity index (χ1n) is 17.0. The van der Waals surface area contributed by atoms with Gasteiger partial charge in [-0.25, -0.2) is 9.59 Å². The van der Waals surface area contributed by atoms with Crippen molar-refractivity contribution in [1.82, 2.24) is 5.32 Å².